The van der Waals surface area contributed by atoms with Gasteiger partial charge in [0.25, 0.3) is 0 Å². The van der Waals surface area contributed by atoms with Crippen LogP contribution in [0.2, 0.25) is 0 Å². The van der Waals surface area contributed by atoms with Crippen LogP contribution in [0.1, 0.15) is 18.9 Å². The second-order valence-electron chi connectivity index (χ2n) is 7.85. The van der Waals surface area contributed by atoms with Gasteiger partial charge in [-0.2, -0.15) is 5.10 Å². The fourth-order valence-corrected chi connectivity index (χ4v) is 3.23. The van der Waals surface area contributed by atoms with Crippen LogP contribution in [0.3, 0.4) is 0 Å². The molecule has 174 valence electrons. The summed E-state index contributed by atoms with van der Waals surface area (Å²) in [6.07, 6.45) is 0.768. The van der Waals surface area contributed by atoms with E-state index in [1.54, 1.807) is 49.2 Å². The van der Waals surface area contributed by atoms with E-state index in [1.807, 2.05) is 0 Å². The molecule has 10 nitrogen and oxygen atoms in total. The zero-order chi connectivity index (χ0) is 23.4. The van der Waals surface area contributed by atoms with Crippen molar-refractivity contribution < 1.29 is 28.5 Å². The van der Waals surface area contributed by atoms with E-state index in [0.717, 1.165) is 0 Å². The van der Waals surface area contributed by atoms with E-state index < -0.39 is 17.7 Å². The van der Waals surface area contributed by atoms with Gasteiger partial charge < -0.3 is 24.6 Å². The van der Waals surface area contributed by atoms with Gasteiger partial charge in [0.1, 0.15) is 16.9 Å². The number of anilines is 1. The summed E-state index contributed by atoms with van der Waals surface area (Å²) in [6, 6.07) is 9.34. The maximum atomic E-state index is 13.5. The Morgan fingerprint density at radius 2 is 2.03 bits per heavy atom. The molecule has 0 unspecified atom stereocenters. The molecule has 0 radical (unpaired) electrons. The number of carbonyl (C=O) groups is 1. The van der Waals surface area contributed by atoms with Gasteiger partial charge in [-0.3, -0.25) is 4.79 Å². The second kappa shape index (κ2) is 9.61. The van der Waals surface area contributed by atoms with Crippen molar-refractivity contribution in [3.05, 3.63) is 54.1 Å². The number of hydrogen-bond acceptors (Lipinski definition) is 8. The van der Waals surface area contributed by atoms with Crippen LogP contribution in [0.15, 0.2) is 42.6 Å². The van der Waals surface area contributed by atoms with E-state index in [4.69, 9.17) is 14.2 Å². The summed E-state index contributed by atoms with van der Waals surface area (Å²) >= 11 is 0. The van der Waals surface area contributed by atoms with E-state index >= 15 is 0 Å². The van der Waals surface area contributed by atoms with Crippen LogP contribution >= 0.6 is 0 Å². The Bertz CT molecular complexity index is 1110. The highest BCUT2D eigenvalue weighted by Gasteiger charge is 2.40. The largest absolute Gasteiger partial charge is 0.481 e. The number of benzene rings is 1. The Balaban J connectivity index is 1.68. The molecular formula is C22H24FN5O5. The predicted molar refractivity (Wildman–Crippen MR) is 115 cm³/mol. The molecule has 3 aromatic rings. The number of nitrogens with one attached hydrogen (secondary N) is 1. The Labute approximate surface area is 189 Å². The summed E-state index contributed by atoms with van der Waals surface area (Å²) in [5.74, 6) is -0.945. The summed E-state index contributed by atoms with van der Waals surface area (Å²) in [7, 11) is 1.61. The Kier molecular flexibility index (Phi) is 6.63. The van der Waals surface area contributed by atoms with Crippen molar-refractivity contribution in [1.82, 2.24) is 19.7 Å². The Morgan fingerprint density at radius 1 is 1.30 bits per heavy atom. The maximum Gasteiger partial charge on any atom is 0.314 e. The molecule has 33 heavy (non-hydrogen) atoms. The van der Waals surface area contributed by atoms with Crippen LogP contribution in [0.25, 0.3) is 17.1 Å². The maximum absolute atomic E-state index is 13.5. The first kappa shape index (κ1) is 22.8. The number of aromatic nitrogens is 4. The van der Waals surface area contributed by atoms with Crippen molar-refractivity contribution in [2.45, 2.75) is 13.2 Å². The third-order valence-corrected chi connectivity index (χ3v) is 5.17. The van der Waals surface area contributed by atoms with Crippen molar-refractivity contribution in [3.63, 3.8) is 0 Å². The zero-order valence-corrected chi connectivity index (χ0v) is 18.2. The van der Waals surface area contributed by atoms with Crippen LogP contribution in [-0.4, -0.2) is 64.3 Å². The molecule has 2 aromatic heterocycles. The number of aliphatic carboxylic acids is 1. The molecule has 0 amide bonds. The lowest BCUT2D eigenvalue weighted by atomic mass is 9.92. The SMILES string of the molecule is COCCNc1nccc(-c2cc(C3OCC(C)(C(=O)O)CO3)nn2-c2ccc(F)cc2)n1. The van der Waals surface area contributed by atoms with Crippen LogP contribution < -0.4 is 5.32 Å². The number of nitrogens with zero attached hydrogens (tertiary/aromatic N) is 4. The minimum atomic E-state index is -1.13. The van der Waals surface area contributed by atoms with Crippen LogP contribution in [0, 0.1) is 11.2 Å². The minimum Gasteiger partial charge on any atom is -0.481 e. The molecule has 0 aliphatic carbocycles. The average molecular weight is 457 g/mol. The van der Waals surface area contributed by atoms with Crippen molar-refractivity contribution >= 4 is 11.9 Å². The molecule has 0 bridgehead atoms. The smallest absolute Gasteiger partial charge is 0.314 e. The highest BCUT2D eigenvalue weighted by atomic mass is 19.1. The molecule has 2 N–H and O–H groups in total. The number of ether oxygens (including phenoxy) is 3. The number of hydrogen-bond donors (Lipinski definition) is 2. The van der Waals surface area contributed by atoms with Gasteiger partial charge in [0.2, 0.25) is 12.2 Å². The number of carboxylic acid groups (broad SMARTS) is 1. The first-order valence-electron chi connectivity index (χ1n) is 10.3. The number of halogens is 1. The van der Waals surface area contributed by atoms with Gasteiger partial charge in [-0.1, -0.05) is 0 Å². The average Bonchev–Trinajstić information content (AvgIpc) is 3.26. The standard InChI is InChI=1S/C22H24FN5O5/c1-22(20(29)30)12-32-19(33-13-22)17-11-18(28(27-17)15-5-3-14(23)4-6-15)16-7-8-24-21(26-16)25-9-10-31-2/h3-8,11,19H,9-10,12-13H2,1-2H3,(H,29,30)(H,24,25,26). The van der Waals surface area contributed by atoms with Crippen LogP contribution in [0.5, 0.6) is 0 Å². The number of carboxylic acids is 1. The molecule has 0 spiro atoms. The minimum absolute atomic E-state index is 0.0210. The van der Waals surface area contributed by atoms with Crippen LogP contribution in [-0.2, 0) is 19.0 Å². The molecule has 1 saturated heterocycles. The lowest BCUT2D eigenvalue weighted by Crippen LogP contribution is -2.42. The summed E-state index contributed by atoms with van der Waals surface area (Å²) in [6.45, 7) is 2.55. The van der Waals surface area contributed by atoms with Crippen molar-refractivity contribution in [2.75, 3.05) is 38.8 Å². The lowest BCUT2D eigenvalue weighted by Gasteiger charge is -2.33. The predicted octanol–water partition coefficient (Wildman–Crippen LogP) is 2.66. The van der Waals surface area contributed by atoms with Gasteiger partial charge >= 0.3 is 5.97 Å². The van der Waals surface area contributed by atoms with Crippen LogP contribution in [0.4, 0.5) is 10.3 Å². The third-order valence-electron chi connectivity index (χ3n) is 5.17. The second-order valence-corrected chi connectivity index (χ2v) is 7.85. The Morgan fingerprint density at radius 3 is 2.70 bits per heavy atom. The van der Waals surface area contributed by atoms with Crippen molar-refractivity contribution in [2.24, 2.45) is 5.41 Å². The van der Waals surface area contributed by atoms with E-state index in [1.165, 1.54) is 12.1 Å². The fourth-order valence-electron chi connectivity index (χ4n) is 3.23. The normalized spacial score (nSPS) is 20.5. The van der Waals surface area contributed by atoms with Crippen molar-refractivity contribution in [3.8, 4) is 17.1 Å². The zero-order valence-electron chi connectivity index (χ0n) is 18.2. The highest BCUT2D eigenvalue weighted by Crippen LogP contribution is 2.33. The van der Waals surface area contributed by atoms with E-state index in [9.17, 15) is 14.3 Å². The topological polar surface area (TPSA) is 121 Å². The Hall–Kier alpha value is -3.41. The van der Waals surface area contributed by atoms with Gasteiger partial charge in [0.15, 0.2) is 0 Å². The molecule has 11 heteroatoms. The van der Waals surface area contributed by atoms with E-state index in [-0.39, 0.29) is 19.0 Å². The van der Waals surface area contributed by atoms with Gasteiger partial charge in [0, 0.05) is 19.9 Å². The van der Waals surface area contributed by atoms with Crippen molar-refractivity contribution in [1.29, 1.82) is 0 Å². The summed E-state index contributed by atoms with van der Waals surface area (Å²) in [5, 5.41) is 17.1. The van der Waals surface area contributed by atoms with Gasteiger partial charge in [0.05, 0.1) is 36.9 Å². The fraction of sp³-hybridized carbons (Fsp3) is 0.364. The third kappa shape index (κ3) is 5.00. The quantitative estimate of drug-likeness (QED) is 0.492. The molecule has 0 atom stereocenters. The number of methoxy groups -OCH3 is 1. The summed E-state index contributed by atoms with van der Waals surface area (Å²) in [5.41, 5.74) is 1.09. The van der Waals surface area contributed by atoms with E-state index in [2.05, 4.69) is 20.4 Å². The molecule has 0 saturated carbocycles. The van der Waals surface area contributed by atoms with Gasteiger partial charge in [-0.15, -0.1) is 0 Å². The molecule has 1 fully saturated rings. The highest BCUT2D eigenvalue weighted by molar-refractivity contribution is 5.74. The monoisotopic (exact) mass is 457 g/mol. The first-order valence-corrected chi connectivity index (χ1v) is 10.3. The van der Waals surface area contributed by atoms with E-state index in [0.29, 0.717) is 41.9 Å². The molecular weight excluding hydrogens is 433 g/mol. The molecule has 1 aliphatic heterocycles. The summed E-state index contributed by atoms with van der Waals surface area (Å²) < 4.78 is 31.5. The first-order chi connectivity index (χ1) is 15.9. The lowest BCUT2D eigenvalue weighted by molar-refractivity contribution is -0.235. The van der Waals surface area contributed by atoms with Gasteiger partial charge in [-0.05, 0) is 43.3 Å². The summed E-state index contributed by atoms with van der Waals surface area (Å²) in [4.78, 5) is 20.2. The molecule has 1 aromatic carbocycles. The number of rotatable bonds is 8. The molecule has 4 rings (SSSR count). The molecule has 1 aliphatic rings. The molecule has 3 heterocycles. The van der Waals surface area contributed by atoms with Gasteiger partial charge in [-0.25, -0.2) is 19.0 Å².